The molecule has 0 aliphatic heterocycles. The summed E-state index contributed by atoms with van der Waals surface area (Å²) >= 11 is 7.93. The number of rotatable bonds is 5. The van der Waals surface area contributed by atoms with Gasteiger partial charge in [0.2, 0.25) is 5.91 Å². The van der Waals surface area contributed by atoms with Crippen molar-refractivity contribution in [3.8, 4) is 0 Å². The summed E-state index contributed by atoms with van der Waals surface area (Å²) in [5, 5.41) is 7.24. The molecule has 2 heterocycles. The third-order valence-electron chi connectivity index (χ3n) is 6.89. The van der Waals surface area contributed by atoms with Gasteiger partial charge < -0.3 is 9.88 Å². The SMILES string of the molecule is CCn1c2ccccc2c2cc(NC(=O)CSc3c4c(nc5ccc(Cl)cc35)CCCC4)ccc21. The van der Waals surface area contributed by atoms with E-state index in [1.807, 2.05) is 24.3 Å². The number of fused-ring (bicyclic) bond motifs is 5. The van der Waals surface area contributed by atoms with Gasteiger partial charge in [-0.05, 0) is 80.6 Å². The van der Waals surface area contributed by atoms with Gasteiger partial charge in [-0.25, -0.2) is 0 Å². The minimum atomic E-state index is -0.00914. The van der Waals surface area contributed by atoms with Crippen LogP contribution in [0.2, 0.25) is 5.02 Å². The number of hydrogen-bond acceptors (Lipinski definition) is 3. The molecule has 6 rings (SSSR count). The third-order valence-corrected chi connectivity index (χ3v) is 8.29. The Bertz CT molecular complexity index is 1610. The van der Waals surface area contributed by atoms with Gasteiger partial charge in [0.1, 0.15) is 0 Å². The summed E-state index contributed by atoms with van der Waals surface area (Å²) in [6.45, 7) is 3.06. The maximum atomic E-state index is 13.0. The molecule has 1 aliphatic carbocycles. The zero-order valence-corrected chi connectivity index (χ0v) is 21.2. The minimum Gasteiger partial charge on any atom is -0.341 e. The fourth-order valence-corrected chi connectivity index (χ4v) is 6.56. The van der Waals surface area contributed by atoms with Gasteiger partial charge in [0, 0.05) is 55.0 Å². The summed E-state index contributed by atoms with van der Waals surface area (Å²) < 4.78 is 2.31. The van der Waals surface area contributed by atoms with Crippen LogP contribution in [0.4, 0.5) is 5.69 Å². The summed E-state index contributed by atoms with van der Waals surface area (Å²) in [5.41, 5.74) is 6.65. The molecule has 5 aromatic rings. The lowest BCUT2D eigenvalue weighted by molar-refractivity contribution is -0.113. The average molecular weight is 500 g/mol. The summed E-state index contributed by atoms with van der Waals surface area (Å²) in [5.74, 6) is 0.331. The molecule has 35 heavy (non-hydrogen) atoms. The molecule has 0 radical (unpaired) electrons. The van der Waals surface area contributed by atoms with E-state index in [9.17, 15) is 4.79 Å². The summed E-state index contributed by atoms with van der Waals surface area (Å²) in [6, 6.07) is 20.5. The number of benzene rings is 3. The molecular formula is C29H26ClN3OS. The van der Waals surface area contributed by atoms with E-state index in [-0.39, 0.29) is 5.91 Å². The highest BCUT2D eigenvalue weighted by atomic mass is 35.5. The van der Waals surface area contributed by atoms with Crippen LogP contribution in [0.1, 0.15) is 31.0 Å². The first kappa shape index (κ1) is 22.4. The van der Waals surface area contributed by atoms with Gasteiger partial charge >= 0.3 is 0 Å². The van der Waals surface area contributed by atoms with E-state index in [1.165, 1.54) is 34.1 Å². The Labute approximate surface area is 213 Å². The van der Waals surface area contributed by atoms with Crippen molar-refractivity contribution in [2.24, 2.45) is 0 Å². The number of pyridine rings is 1. The van der Waals surface area contributed by atoms with Gasteiger partial charge in [0.15, 0.2) is 0 Å². The van der Waals surface area contributed by atoms with Crippen molar-refractivity contribution >= 4 is 67.7 Å². The van der Waals surface area contributed by atoms with E-state index in [0.29, 0.717) is 10.8 Å². The maximum Gasteiger partial charge on any atom is 0.234 e. The average Bonchev–Trinajstić information content (AvgIpc) is 3.19. The highest BCUT2D eigenvalue weighted by Gasteiger charge is 2.20. The molecule has 1 amide bonds. The molecule has 0 saturated heterocycles. The maximum absolute atomic E-state index is 13.0. The van der Waals surface area contributed by atoms with Crippen molar-refractivity contribution in [1.29, 1.82) is 0 Å². The van der Waals surface area contributed by atoms with Crippen LogP contribution in [0.3, 0.4) is 0 Å². The molecule has 4 nitrogen and oxygen atoms in total. The number of halogens is 1. The number of carbonyl (C=O) groups excluding carboxylic acids is 1. The van der Waals surface area contributed by atoms with E-state index < -0.39 is 0 Å². The predicted molar refractivity (Wildman–Crippen MR) is 148 cm³/mol. The fraction of sp³-hybridized carbons (Fsp3) is 0.241. The van der Waals surface area contributed by atoms with Crippen molar-refractivity contribution in [3.05, 3.63) is 76.9 Å². The Hall–Kier alpha value is -3.02. The second-order valence-corrected chi connectivity index (χ2v) is 10.5. The molecule has 0 bridgehead atoms. The number of thioether (sulfide) groups is 1. The van der Waals surface area contributed by atoms with E-state index >= 15 is 0 Å². The van der Waals surface area contributed by atoms with Crippen molar-refractivity contribution in [3.63, 3.8) is 0 Å². The molecule has 0 atom stereocenters. The molecular weight excluding hydrogens is 474 g/mol. The normalized spacial score (nSPS) is 13.4. The molecule has 1 N–H and O–H groups in total. The Balaban J connectivity index is 1.28. The van der Waals surface area contributed by atoms with Gasteiger partial charge in [-0.1, -0.05) is 29.8 Å². The molecule has 176 valence electrons. The van der Waals surface area contributed by atoms with Crippen molar-refractivity contribution in [1.82, 2.24) is 9.55 Å². The number of nitrogens with zero attached hydrogens (tertiary/aromatic N) is 2. The number of carbonyl (C=O) groups is 1. The van der Waals surface area contributed by atoms with Crippen LogP contribution in [0, 0.1) is 0 Å². The number of nitrogens with one attached hydrogen (secondary N) is 1. The van der Waals surface area contributed by atoms with Crippen molar-refractivity contribution < 1.29 is 4.79 Å². The van der Waals surface area contributed by atoms with Crippen LogP contribution in [0.15, 0.2) is 65.6 Å². The highest BCUT2D eigenvalue weighted by molar-refractivity contribution is 8.00. The van der Waals surface area contributed by atoms with Crippen LogP contribution < -0.4 is 5.32 Å². The Kier molecular flexibility index (Phi) is 5.91. The lowest BCUT2D eigenvalue weighted by atomic mass is 9.94. The number of anilines is 1. The fourth-order valence-electron chi connectivity index (χ4n) is 5.32. The number of amides is 1. The first-order chi connectivity index (χ1) is 17.1. The Morgan fingerprint density at radius 3 is 2.71 bits per heavy atom. The van der Waals surface area contributed by atoms with E-state index in [2.05, 4.69) is 53.2 Å². The second-order valence-electron chi connectivity index (χ2n) is 9.06. The first-order valence-electron chi connectivity index (χ1n) is 12.2. The molecule has 0 spiro atoms. The van der Waals surface area contributed by atoms with E-state index in [0.717, 1.165) is 52.7 Å². The topological polar surface area (TPSA) is 46.9 Å². The smallest absolute Gasteiger partial charge is 0.234 e. The van der Waals surface area contributed by atoms with Gasteiger partial charge in [-0.3, -0.25) is 9.78 Å². The lowest BCUT2D eigenvalue weighted by Crippen LogP contribution is -2.15. The zero-order chi connectivity index (χ0) is 23.9. The van der Waals surface area contributed by atoms with Crippen LogP contribution in [-0.4, -0.2) is 21.2 Å². The number of para-hydroxylation sites is 1. The van der Waals surface area contributed by atoms with Gasteiger partial charge in [-0.15, -0.1) is 11.8 Å². The highest BCUT2D eigenvalue weighted by Crippen LogP contribution is 2.37. The van der Waals surface area contributed by atoms with Crippen molar-refractivity contribution in [2.75, 3.05) is 11.1 Å². The van der Waals surface area contributed by atoms with Crippen LogP contribution in [0.5, 0.6) is 0 Å². The largest absolute Gasteiger partial charge is 0.341 e. The van der Waals surface area contributed by atoms with Gasteiger partial charge in [0.25, 0.3) is 0 Å². The molecule has 0 fully saturated rings. The lowest BCUT2D eigenvalue weighted by Gasteiger charge is -2.20. The Morgan fingerprint density at radius 2 is 1.83 bits per heavy atom. The summed E-state index contributed by atoms with van der Waals surface area (Å²) in [6.07, 6.45) is 4.33. The molecule has 1 aliphatic rings. The molecule has 0 unspecified atom stereocenters. The molecule has 0 saturated carbocycles. The van der Waals surface area contributed by atoms with Gasteiger partial charge in [0.05, 0.1) is 11.3 Å². The monoisotopic (exact) mass is 499 g/mol. The predicted octanol–water partition coefficient (Wildman–Crippen LogP) is 7.63. The van der Waals surface area contributed by atoms with Crippen LogP contribution in [-0.2, 0) is 24.2 Å². The Morgan fingerprint density at radius 1 is 1.00 bits per heavy atom. The second kappa shape index (κ2) is 9.21. The number of aromatic nitrogens is 2. The quantitative estimate of drug-likeness (QED) is 0.253. The first-order valence-corrected chi connectivity index (χ1v) is 13.5. The van der Waals surface area contributed by atoms with E-state index in [1.54, 1.807) is 11.8 Å². The van der Waals surface area contributed by atoms with Crippen molar-refractivity contribution in [2.45, 2.75) is 44.0 Å². The van der Waals surface area contributed by atoms with Gasteiger partial charge in [-0.2, -0.15) is 0 Å². The van der Waals surface area contributed by atoms with Crippen LogP contribution >= 0.6 is 23.4 Å². The molecule has 3 aromatic carbocycles. The third kappa shape index (κ3) is 4.07. The number of aryl methyl sites for hydroxylation is 2. The number of hydrogen-bond donors (Lipinski definition) is 1. The summed E-state index contributed by atoms with van der Waals surface area (Å²) in [7, 11) is 0. The minimum absolute atomic E-state index is 0.00914. The molecule has 2 aromatic heterocycles. The standard InChI is InChI=1S/C29H26ClN3OS/c1-2-33-26-10-6-4-7-20(26)22-16-19(12-14-27(22)33)31-28(34)17-35-29-21-8-3-5-9-24(21)32-25-13-11-18(30)15-23(25)29/h4,6-7,10-16H,2-3,5,8-9,17H2,1H3,(H,31,34). The molecule has 6 heteroatoms. The zero-order valence-electron chi connectivity index (χ0n) is 19.6. The van der Waals surface area contributed by atoms with E-state index in [4.69, 9.17) is 16.6 Å². The van der Waals surface area contributed by atoms with Crippen LogP contribution in [0.25, 0.3) is 32.7 Å². The summed E-state index contributed by atoms with van der Waals surface area (Å²) in [4.78, 5) is 19.1.